The second kappa shape index (κ2) is 5.52. The van der Waals surface area contributed by atoms with E-state index in [-0.39, 0.29) is 0 Å². The van der Waals surface area contributed by atoms with Crippen LogP contribution < -0.4 is 5.73 Å². The van der Waals surface area contributed by atoms with Crippen molar-refractivity contribution < 1.29 is 0 Å². The van der Waals surface area contributed by atoms with Gasteiger partial charge in [-0.25, -0.2) is 0 Å². The third-order valence-electron chi connectivity index (χ3n) is 2.90. The van der Waals surface area contributed by atoms with Crippen LogP contribution in [0.4, 0.5) is 5.69 Å². The number of aromatic nitrogens is 1. The molecule has 0 aliphatic rings. The minimum absolute atomic E-state index is 0.628. The van der Waals surface area contributed by atoms with Crippen molar-refractivity contribution in [2.24, 2.45) is 0 Å². The fourth-order valence-electron chi connectivity index (χ4n) is 1.94. The van der Waals surface area contributed by atoms with Crippen LogP contribution in [0.3, 0.4) is 0 Å². The molecule has 0 saturated carbocycles. The molecule has 0 aliphatic carbocycles. The lowest BCUT2D eigenvalue weighted by molar-refractivity contribution is 1.34. The van der Waals surface area contributed by atoms with Gasteiger partial charge in [0.05, 0.1) is 15.6 Å². The highest BCUT2D eigenvalue weighted by Gasteiger charge is 2.11. The maximum atomic E-state index is 6.21. The lowest BCUT2D eigenvalue weighted by Crippen LogP contribution is -1.90. The smallest absolute Gasteiger partial charge is 0.0861 e. The lowest BCUT2D eigenvalue weighted by Gasteiger charge is -2.09. The van der Waals surface area contributed by atoms with Crippen molar-refractivity contribution >= 4 is 51.6 Å². The number of halogens is 2. The van der Waals surface area contributed by atoms with E-state index in [2.05, 4.69) is 4.98 Å². The Kier molecular flexibility index (Phi) is 3.74. The van der Waals surface area contributed by atoms with E-state index in [1.807, 2.05) is 42.5 Å². The van der Waals surface area contributed by atoms with Crippen LogP contribution in [0, 0.1) is 0 Å². The predicted molar refractivity (Wildman–Crippen MR) is 86.7 cm³/mol. The Morgan fingerprint density at radius 3 is 2.45 bits per heavy atom. The number of nitrogen functional groups attached to an aromatic ring is 1. The molecule has 5 heteroatoms. The Morgan fingerprint density at radius 1 is 0.950 bits per heavy atom. The molecule has 2 nitrogen and oxygen atoms in total. The van der Waals surface area contributed by atoms with E-state index in [1.165, 1.54) is 11.8 Å². The van der Waals surface area contributed by atoms with Gasteiger partial charge < -0.3 is 5.73 Å². The predicted octanol–water partition coefficient (Wildman–Crippen LogP) is 5.28. The highest BCUT2D eigenvalue weighted by atomic mass is 35.5. The van der Waals surface area contributed by atoms with Gasteiger partial charge >= 0.3 is 0 Å². The molecule has 3 rings (SSSR count). The summed E-state index contributed by atoms with van der Waals surface area (Å²) >= 11 is 13.9. The summed E-state index contributed by atoms with van der Waals surface area (Å²) in [5.74, 6) is 0. The van der Waals surface area contributed by atoms with Crippen molar-refractivity contribution in [1.29, 1.82) is 0 Å². The van der Waals surface area contributed by atoms with E-state index in [0.717, 1.165) is 20.7 Å². The van der Waals surface area contributed by atoms with E-state index in [9.17, 15) is 0 Å². The topological polar surface area (TPSA) is 38.9 Å². The highest BCUT2D eigenvalue weighted by Crippen LogP contribution is 2.41. The third-order valence-corrected chi connectivity index (χ3v) is 4.94. The molecule has 2 N–H and O–H groups in total. The molecule has 0 saturated heterocycles. The van der Waals surface area contributed by atoms with Crippen LogP contribution in [0.2, 0.25) is 10.0 Å². The van der Waals surface area contributed by atoms with E-state index >= 15 is 0 Å². The van der Waals surface area contributed by atoms with Gasteiger partial charge in [0.25, 0.3) is 0 Å². The largest absolute Gasteiger partial charge is 0.398 e. The summed E-state index contributed by atoms with van der Waals surface area (Å²) in [6, 6.07) is 13.1. The molecule has 0 unspecified atom stereocenters. The van der Waals surface area contributed by atoms with Crippen LogP contribution in [0.1, 0.15) is 0 Å². The van der Waals surface area contributed by atoms with Gasteiger partial charge in [0.2, 0.25) is 0 Å². The van der Waals surface area contributed by atoms with Gasteiger partial charge in [-0.3, -0.25) is 4.98 Å². The summed E-state index contributed by atoms with van der Waals surface area (Å²) in [6.07, 6.45) is 1.75. The molecule has 0 atom stereocenters. The van der Waals surface area contributed by atoms with E-state index < -0.39 is 0 Å². The van der Waals surface area contributed by atoms with E-state index in [4.69, 9.17) is 28.9 Å². The monoisotopic (exact) mass is 320 g/mol. The van der Waals surface area contributed by atoms with Crippen LogP contribution in [0.15, 0.2) is 58.5 Å². The van der Waals surface area contributed by atoms with Crippen molar-refractivity contribution in [3.63, 3.8) is 0 Å². The average Bonchev–Trinajstić information content (AvgIpc) is 2.46. The molecule has 0 spiro atoms. The summed E-state index contributed by atoms with van der Waals surface area (Å²) in [6.45, 7) is 0. The van der Waals surface area contributed by atoms with Crippen LogP contribution in [-0.2, 0) is 0 Å². The van der Waals surface area contributed by atoms with Crippen molar-refractivity contribution in [1.82, 2.24) is 4.98 Å². The van der Waals surface area contributed by atoms with Crippen molar-refractivity contribution in [3.05, 3.63) is 58.7 Å². The lowest BCUT2D eigenvalue weighted by atomic mass is 10.2. The Bertz CT molecular complexity index is 770. The first-order valence-corrected chi connectivity index (χ1v) is 7.49. The quantitative estimate of drug-likeness (QED) is 0.653. The maximum absolute atomic E-state index is 6.21. The second-order valence-electron chi connectivity index (χ2n) is 4.21. The second-order valence-corrected chi connectivity index (χ2v) is 6.07. The van der Waals surface area contributed by atoms with Gasteiger partial charge in [-0.05, 0) is 36.4 Å². The number of nitrogens with zero attached hydrogens (tertiary/aromatic N) is 1. The first kappa shape index (κ1) is 13.6. The molecule has 3 aromatic rings. The Labute approximate surface area is 130 Å². The summed E-state index contributed by atoms with van der Waals surface area (Å²) in [5.41, 5.74) is 7.54. The van der Waals surface area contributed by atoms with Crippen LogP contribution in [0.5, 0.6) is 0 Å². The van der Waals surface area contributed by atoms with Gasteiger partial charge in [0, 0.05) is 27.1 Å². The normalized spacial score (nSPS) is 10.9. The highest BCUT2D eigenvalue weighted by molar-refractivity contribution is 7.99. The molecule has 0 radical (unpaired) electrons. The number of nitrogens with two attached hydrogens (primary N) is 1. The summed E-state index contributed by atoms with van der Waals surface area (Å²) in [5, 5.41) is 2.19. The zero-order valence-corrected chi connectivity index (χ0v) is 12.6. The first-order chi connectivity index (χ1) is 9.66. The van der Waals surface area contributed by atoms with Crippen molar-refractivity contribution in [2.75, 3.05) is 5.73 Å². The number of fused-ring (bicyclic) bond motifs is 1. The number of anilines is 1. The van der Waals surface area contributed by atoms with E-state index in [1.54, 1.807) is 6.20 Å². The fraction of sp³-hybridized carbons (Fsp3) is 0. The molecule has 0 amide bonds. The fourth-order valence-corrected chi connectivity index (χ4v) is 3.52. The molecule has 100 valence electrons. The minimum Gasteiger partial charge on any atom is -0.398 e. The molecule has 1 aromatic heterocycles. The summed E-state index contributed by atoms with van der Waals surface area (Å²) < 4.78 is 0. The van der Waals surface area contributed by atoms with Gasteiger partial charge in [-0.2, -0.15) is 0 Å². The molecular formula is C15H10Cl2N2S. The average molecular weight is 321 g/mol. The molecule has 0 aliphatic heterocycles. The summed E-state index contributed by atoms with van der Waals surface area (Å²) in [4.78, 5) is 6.21. The Balaban J connectivity index is 2.14. The molecule has 1 heterocycles. The van der Waals surface area contributed by atoms with Gasteiger partial charge in [-0.1, -0.05) is 41.0 Å². The van der Waals surface area contributed by atoms with Gasteiger partial charge in [0.15, 0.2) is 0 Å². The Morgan fingerprint density at radius 2 is 1.70 bits per heavy atom. The zero-order chi connectivity index (χ0) is 14.1. The maximum Gasteiger partial charge on any atom is 0.0861 e. The number of hydrogen-bond donors (Lipinski definition) is 1. The molecule has 0 fully saturated rings. The SMILES string of the molecule is Nc1ccc(Sc2c(Cl)cccc2Cl)c2ncccc12. The number of rotatable bonds is 2. The van der Waals surface area contributed by atoms with Gasteiger partial charge in [-0.15, -0.1) is 0 Å². The molecule has 0 bridgehead atoms. The van der Waals surface area contributed by atoms with E-state index in [0.29, 0.717) is 15.7 Å². The third kappa shape index (κ3) is 2.44. The molecule has 2 aromatic carbocycles. The zero-order valence-electron chi connectivity index (χ0n) is 10.3. The van der Waals surface area contributed by atoms with Crippen molar-refractivity contribution in [3.8, 4) is 0 Å². The standard InChI is InChI=1S/C15H10Cl2N2S/c16-10-4-1-5-11(17)15(10)20-13-7-6-12(18)9-3-2-8-19-14(9)13/h1-8H,18H2. The molecule has 20 heavy (non-hydrogen) atoms. The van der Waals surface area contributed by atoms with Crippen LogP contribution >= 0.6 is 35.0 Å². The van der Waals surface area contributed by atoms with Crippen molar-refractivity contribution in [2.45, 2.75) is 9.79 Å². The van der Waals surface area contributed by atoms with Gasteiger partial charge in [0.1, 0.15) is 0 Å². The molecular weight excluding hydrogens is 311 g/mol. The first-order valence-electron chi connectivity index (χ1n) is 5.92. The Hall–Kier alpha value is -1.42. The number of benzene rings is 2. The number of hydrogen-bond acceptors (Lipinski definition) is 3. The van der Waals surface area contributed by atoms with Crippen LogP contribution in [-0.4, -0.2) is 4.98 Å². The number of pyridine rings is 1. The minimum atomic E-state index is 0.628. The summed E-state index contributed by atoms with van der Waals surface area (Å²) in [7, 11) is 0. The van der Waals surface area contributed by atoms with Crippen LogP contribution in [0.25, 0.3) is 10.9 Å².